The number of benzene rings is 1. The van der Waals surface area contributed by atoms with E-state index in [4.69, 9.17) is 4.74 Å². The summed E-state index contributed by atoms with van der Waals surface area (Å²) >= 11 is 0. The first-order chi connectivity index (χ1) is 10.7. The third kappa shape index (κ3) is 2.99. The van der Waals surface area contributed by atoms with E-state index in [9.17, 15) is 9.90 Å². The summed E-state index contributed by atoms with van der Waals surface area (Å²) < 4.78 is 7.90. The molecule has 1 aromatic heterocycles. The Morgan fingerprint density at radius 1 is 1.32 bits per heavy atom. The lowest BCUT2D eigenvalue weighted by Crippen LogP contribution is -2.37. The van der Waals surface area contributed by atoms with Crippen LogP contribution in [0.1, 0.15) is 23.0 Å². The van der Waals surface area contributed by atoms with E-state index in [2.05, 4.69) is 4.57 Å². The monoisotopic (exact) mass is 300 g/mol. The Balaban J connectivity index is 1.87. The highest BCUT2D eigenvalue weighted by Crippen LogP contribution is 2.19. The van der Waals surface area contributed by atoms with E-state index in [0.29, 0.717) is 25.3 Å². The zero-order valence-electron chi connectivity index (χ0n) is 12.6. The molecule has 116 valence electrons. The molecular weight excluding hydrogens is 280 g/mol. The smallest absolute Gasteiger partial charge is 0.254 e. The van der Waals surface area contributed by atoms with Crippen molar-refractivity contribution in [2.24, 2.45) is 0 Å². The molecule has 1 aliphatic rings. The van der Waals surface area contributed by atoms with E-state index in [1.165, 1.54) is 6.07 Å². The van der Waals surface area contributed by atoms with Crippen LogP contribution in [0.2, 0.25) is 0 Å². The summed E-state index contributed by atoms with van der Waals surface area (Å²) in [5.74, 6) is 0.0145. The molecule has 5 nitrogen and oxygen atoms in total. The highest BCUT2D eigenvalue weighted by Gasteiger charge is 2.25. The Hall–Kier alpha value is -2.27. The molecule has 5 heteroatoms. The Morgan fingerprint density at radius 2 is 2.18 bits per heavy atom. The maximum atomic E-state index is 12.7. The molecule has 0 saturated heterocycles. The van der Waals surface area contributed by atoms with Crippen molar-refractivity contribution in [3.8, 4) is 5.75 Å². The zero-order chi connectivity index (χ0) is 15.5. The summed E-state index contributed by atoms with van der Waals surface area (Å²) in [6.45, 7) is 4.42. The number of aromatic hydroxyl groups is 1. The molecule has 0 unspecified atom stereocenters. The standard InChI is InChI=1S/C17H20N2O3/c1-2-22-16-11-18-8-4-6-14(18)10-19(12-16)17(21)13-5-3-7-15(20)9-13/h3-9,16,20H,2,10-12H2,1H3/t16-/m0/s1. The van der Waals surface area contributed by atoms with Gasteiger partial charge in [0.2, 0.25) is 0 Å². The lowest BCUT2D eigenvalue weighted by molar-refractivity contribution is 0.0258. The number of aromatic nitrogens is 1. The highest BCUT2D eigenvalue weighted by molar-refractivity contribution is 5.94. The summed E-state index contributed by atoms with van der Waals surface area (Å²) in [7, 11) is 0. The Labute approximate surface area is 129 Å². The summed E-state index contributed by atoms with van der Waals surface area (Å²) in [4.78, 5) is 14.5. The first-order valence-corrected chi connectivity index (χ1v) is 7.51. The summed E-state index contributed by atoms with van der Waals surface area (Å²) in [5.41, 5.74) is 1.59. The number of phenols is 1. The van der Waals surface area contributed by atoms with E-state index < -0.39 is 0 Å². The lowest BCUT2D eigenvalue weighted by atomic mass is 10.1. The Morgan fingerprint density at radius 3 is 2.95 bits per heavy atom. The topological polar surface area (TPSA) is 54.7 Å². The fraction of sp³-hybridized carbons (Fsp3) is 0.353. The van der Waals surface area contributed by atoms with Gasteiger partial charge < -0.3 is 19.3 Å². The van der Waals surface area contributed by atoms with Crippen molar-refractivity contribution >= 4 is 5.91 Å². The second-order valence-electron chi connectivity index (χ2n) is 5.47. The van der Waals surface area contributed by atoms with E-state index in [1.807, 2.05) is 25.3 Å². The second kappa shape index (κ2) is 6.23. The maximum absolute atomic E-state index is 12.7. The number of carbonyl (C=O) groups excluding carboxylic acids is 1. The van der Waals surface area contributed by atoms with Gasteiger partial charge in [-0.1, -0.05) is 6.07 Å². The van der Waals surface area contributed by atoms with E-state index in [-0.39, 0.29) is 17.8 Å². The predicted molar refractivity (Wildman–Crippen MR) is 82.7 cm³/mol. The quantitative estimate of drug-likeness (QED) is 0.946. The second-order valence-corrected chi connectivity index (χ2v) is 5.47. The molecule has 0 spiro atoms. The molecule has 0 saturated carbocycles. The molecule has 2 aromatic rings. The van der Waals surface area contributed by atoms with Crippen molar-refractivity contribution in [3.05, 3.63) is 53.9 Å². The van der Waals surface area contributed by atoms with Crippen LogP contribution in [0.3, 0.4) is 0 Å². The fourth-order valence-corrected chi connectivity index (χ4v) is 2.87. The van der Waals surface area contributed by atoms with Gasteiger partial charge in [0.05, 0.1) is 19.2 Å². The number of hydrogen-bond acceptors (Lipinski definition) is 3. The molecule has 1 aromatic carbocycles. The van der Waals surface area contributed by atoms with Crippen molar-refractivity contribution in [2.45, 2.75) is 26.1 Å². The molecule has 2 heterocycles. The average molecular weight is 300 g/mol. The summed E-state index contributed by atoms with van der Waals surface area (Å²) in [6.07, 6.45) is 1.99. The number of phenolic OH excluding ortho intramolecular Hbond substituents is 1. The first-order valence-electron chi connectivity index (χ1n) is 7.51. The van der Waals surface area contributed by atoms with Gasteiger partial charge in [0.25, 0.3) is 5.91 Å². The summed E-state index contributed by atoms with van der Waals surface area (Å²) in [6, 6.07) is 10.5. The molecule has 1 atom stereocenters. The fourth-order valence-electron chi connectivity index (χ4n) is 2.87. The predicted octanol–water partition coefficient (Wildman–Crippen LogP) is 2.25. The van der Waals surface area contributed by atoms with Gasteiger partial charge in [-0.3, -0.25) is 4.79 Å². The van der Waals surface area contributed by atoms with Gasteiger partial charge in [-0.05, 0) is 37.3 Å². The third-order valence-corrected chi connectivity index (χ3v) is 3.88. The SMILES string of the molecule is CCO[C@@H]1CN(C(=O)c2cccc(O)c2)Cc2cccn2C1. The minimum Gasteiger partial charge on any atom is -0.508 e. The summed E-state index contributed by atoms with van der Waals surface area (Å²) in [5, 5.41) is 9.58. The van der Waals surface area contributed by atoms with E-state index in [1.54, 1.807) is 23.1 Å². The van der Waals surface area contributed by atoms with Gasteiger partial charge in [0, 0.05) is 30.6 Å². The molecule has 1 aliphatic heterocycles. The van der Waals surface area contributed by atoms with Crippen molar-refractivity contribution in [2.75, 3.05) is 13.2 Å². The Bertz CT molecular complexity index is 665. The minimum atomic E-state index is -0.0877. The molecule has 0 fully saturated rings. The van der Waals surface area contributed by atoms with E-state index in [0.717, 1.165) is 12.2 Å². The first kappa shape index (κ1) is 14.7. The highest BCUT2D eigenvalue weighted by atomic mass is 16.5. The van der Waals surface area contributed by atoms with Crippen LogP contribution < -0.4 is 0 Å². The zero-order valence-corrected chi connectivity index (χ0v) is 12.6. The van der Waals surface area contributed by atoms with Crippen LogP contribution in [-0.2, 0) is 17.8 Å². The average Bonchev–Trinajstić information content (AvgIpc) is 2.86. The Kier molecular flexibility index (Phi) is 4.15. The van der Waals surface area contributed by atoms with Crippen LogP contribution in [0.15, 0.2) is 42.6 Å². The van der Waals surface area contributed by atoms with Crippen molar-refractivity contribution in [1.82, 2.24) is 9.47 Å². The number of nitrogens with zero attached hydrogens (tertiary/aromatic N) is 2. The van der Waals surface area contributed by atoms with Gasteiger partial charge in [-0.15, -0.1) is 0 Å². The number of ether oxygens (including phenoxy) is 1. The number of rotatable bonds is 3. The van der Waals surface area contributed by atoms with Crippen LogP contribution >= 0.6 is 0 Å². The van der Waals surface area contributed by atoms with Crippen molar-refractivity contribution in [1.29, 1.82) is 0 Å². The van der Waals surface area contributed by atoms with Gasteiger partial charge >= 0.3 is 0 Å². The molecule has 3 rings (SSSR count). The maximum Gasteiger partial charge on any atom is 0.254 e. The molecule has 22 heavy (non-hydrogen) atoms. The van der Waals surface area contributed by atoms with Gasteiger partial charge in [0.1, 0.15) is 5.75 Å². The van der Waals surface area contributed by atoms with Gasteiger partial charge in [-0.25, -0.2) is 0 Å². The normalized spacial score (nSPS) is 17.9. The minimum absolute atomic E-state index is 0.0279. The van der Waals surface area contributed by atoms with Crippen molar-refractivity contribution in [3.63, 3.8) is 0 Å². The van der Waals surface area contributed by atoms with Crippen LogP contribution in [0.4, 0.5) is 0 Å². The number of hydrogen-bond donors (Lipinski definition) is 1. The van der Waals surface area contributed by atoms with E-state index >= 15 is 0 Å². The molecule has 1 N–H and O–H groups in total. The number of fused-ring (bicyclic) bond motifs is 1. The van der Waals surface area contributed by atoms with Crippen LogP contribution in [0.25, 0.3) is 0 Å². The molecule has 0 radical (unpaired) electrons. The van der Waals surface area contributed by atoms with Crippen LogP contribution in [0.5, 0.6) is 5.75 Å². The lowest BCUT2D eigenvalue weighted by Gasteiger charge is -2.24. The third-order valence-electron chi connectivity index (χ3n) is 3.88. The number of amides is 1. The van der Waals surface area contributed by atoms with Crippen LogP contribution in [0, 0.1) is 0 Å². The molecule has 0 aliphatic carbocycles. The number of carbonyl (C=O) groups is 1. The molecule has 1 amide bonds. The van der Waals surface area contributed by atoms with Gasteiger partial charge in [-0.2, -0.15) is 0 Å². The molecule has 0 bridgehead atoms. The van der Waals surface area contributed by atoms with Crippen molar-refractivity contribution < 1.29 is 14.6 Å². The molecular formula is C17H20N2O3. The van der Waals surface area contributed by atoms with Gasteiger partial charge in [0.15, 0.2) is 0 Å². The van der Waals surface area contributed by atoms with Crippen LogP contribution in [-0.4, -0.2) is 39.7 Å². The largest absolute Gasteiger partial charge is 0.508 e.